The van der Waals surface area contributed by atoms with Crippen molar-refractivity contribution in [3.63, 3.8) is 0 Å². The zero-order valence-electron chi connectivity index (χ0n) is 10.1. The maximum absolute atomic E-state index is 5.84. The SMILES string of the molecule is CC(CCl)(CCl)NCCCOc1ccccc1. The molecule has 96 valence electrons. The number of alkyl halides is 2. The molecule has 0 aliphatic rings. The molecular weight excluding hydrogens is 257 g/mol. The molecular formula is C13H19Cl2NO. The van der Waals surface area contributed by atoms with Gasteiger partial charge in [0.1, 0.15) is 5.75 Å². The topological polar surface area (TPSA) is 21.3 Å². The molecule has 0 saturated carbocycles. The van der Waals surface area contributed by atoms with Gasteiger partial charge in [-0.1, -0.05) is 18.2 Å². The predicted octanol–water partition coefficient (Wildman–Crippen LogP) is 3.28. The highest BCUT2D eigenvalue weighted by Gasteiger charge is 2.20. The van der Waals surface area contributed by atoms with Gasteiger partial charge in [-0.2, -0.15) is 0 Å². The molecule has 0 heterocycles. The summed E-state index contributed by atoms with van der Waals surface area (Å²) in [5, 5.41) is 3.34. The lowest BCUT2D eigenvalue weighted by atomic mass is 10.1. The molecule has 0 aliphatic heterocycles. The van der Waals surface area contributed by atoms with Crippen LogP contribution >= 0.6 is 23.2 Å². The largest absolute Gasteiger partial charge is 0.494 e. The van der Waals surface area contributed by atoms with Crippen LogP contribution in [-0.2, 0) is 0 Å². The van der Waals surface area contributed by atoms with Crippen LogP contribution in [0.5, 0.6) is 5.75 Å². The first-order chi connectivity index (χ1) is 8.20. The van der Waals surface area contributed by atoms with Crippen LogP contribution in [0.2, 0.25) is 0 Å². The lowest BCUT2D eigenvalue weighted by molar-refractivity contribution is 0.299. The van der Waals surface area contributed by atoms with Gasteiger partial charge in [-0.05, 0) is 32.0 Å². The second kappa shape index (κ2) is 7.80. The third kappa shape index (κ3) is 5.62. The lowest BCUT2D eigenvalue weighted by Gasteiger charge is -2.25. The maximum Gasteiger partial charge on any atom is 0.119 e. The molecule has 1 aromatic carbocycles. The van der Waals surface area contributed by atoms with Gasteiger partial charge in [-0.25, -0.2) is 0 Å². The van der Waals surface area contributed by atoms with Gasteiger partial charge in [-0.15, -0.1) is 23.2 Å². The number of rotatable bonds is 8. The van der Waals surface area contributed by atoms with Crippen molar-refractivity contribution in [3.8, 4) is 5.75 Å². The van der Waals surface area contributed by atoms with Crippen molar-refractivity contribution >= 4 is 23.2 Å². The Labute approximate surface area is 113 Å². The van der Waals surface area contributed by atoms with Crippen molar-refractivity contribution in [2.75, 3.05) is 24.9 Å². The molecule has 1 N–H and O–H groups in total. The van der Waals surface area contributed by atoms with E-state index in [1.54, 1.807) is 0 Å². The summed E-state index contributed by atoms with van der Waals surface area (Å²) < 4.78 is 5.58. The van der Waals surface area contributed by atoms with Crippen molar-refractivity contribution in [3.05, 3.63) is 30.3 Å². The number of ether oxygens (including phenoxy) is 1. The maximum atomic E-state index is 5.84. The number of halogens is 2. The molecule has 1 rings (SSSR count). The van der Waals surface area contributed by atoms with Crippen molar-refractivity contribution in [2.45, 2.75) is 18.9 Å². The normalized spacial score (nSPS) is 11.5. The molecule has 0 saturated heterocycles. The number of hydrogen-bond acceptors (Lipinski definition) is 2. The van der Waals surface area contributed by atoms with Gasteiger partial charge >= 0.3 is 0 Å². The van der Waals surface area contributed by atoms with E-state index in [1.165, 1.54) is 0 Å². The Morgan fingerprint density at radius 1 is 1.18 bits per heavy atom. The summed E-state index contributed by atoms with van der Waals surface area (Å²) in [5.74, 6) is 1.93. The molecule has 17 heavy (non-hydrogen) atoms. The number of benzene rings is 1. The van der Waals surface area contributed by atoms with E-state index in [0.29, 0.717) is 18.4 Å². The van der Waals surface area contributed by atoms with E-state index in [1.807, 2.05) is 37.3 Å². The highest BCUT2D eigenvalue weighted by atomic mass is 35.5. The van der Waals surface area contributed by atoms with Crippen LogP contribution in [0.15, 0.2) is 30.3 Å². The number of nitrogens with one attached hydrogen (secondary N) is 1. The lowest BCUT2D eigenvalue weighted by Crippen LogP contribution is -2.46. The zero-order chi connectivity index (χ0) is 12.6. The molecule has 0 bridgehead atoms. The van der Waals surface area contributed by atoms with Gasteiger partial charge in [-0.3, -0.25) is 0 Å². The third-order valence-corrected chi connectivity index (χ3v) is 3.65. The van der Waals surface area contributed by atoms with Crippen LogP contribution in [0.3, 0.4) is 0 Å². The molecule has 0 aliphatic carbocycles. The second-order valence-corrected chi connectivity index (χ2v) is 4.80. The van der Waals surface area contributed by atoms with Gasteiger partial charge in [0.25, 0.3) is 0 Å². The average molecular weight is 276 g/mol. The van der Waals surface area contributed by atoms with E-state index in [2.05, 4.69) is 5.32 Å². The number of para-hydroxylation sites is 1. The Kier molecular flexibility index (Phi) is 6.71. The van der Waals surface area contributed by atoms with Crippen LogP contribution in [0, 0.1) is 0 Å². The molecule has 0 spiro atoms. The molecule has 0 radical (unpaired) electrons. The first-order valence-corrected chi connectivity index (χ1v) is 6.82. The summed E-state index contributed by atoms with van der Waals surface area (Å²) in [4.78, 5) is 0. The predicted molar refractivity (Wildman–Crippen MR) is 74.4 cm³/mol. The molecule has 2 nitrogen and oxygen atoms in total. The van der Waals surface area contributed by atoms with Crippen LogP contribution in [0.1, 0.15) is 13.3 Å². The number of hydrogen-bond donors (Lipinski definition) is 1. The highest BCUT2D eigenvalue weighted by Crippen LogP contribution is 2.10. The van der Waals surface area contributed by atoms with Crippen molar-refractivity contribution in [1.29, 1.82) is 0 Å². The Hall–Kier alpha value is -0.440. The van der Waals surface area contributed by atoms with Crippen LogP contribution in [0.4, 0.5) is 0 Å². The first-order valence-electron chi connectivity index (χ1n) is 5.75. The summed E-state index contributed by atoms with van der Waals surface area (Å²) in [5.41, 5.74) is -0.185. The van der Waals surface area contributed by atoms with Gasteiger partial charge in [0, 0.05) is 17.3 Å². The van der Waals surface area contributed by atoms with E-state index < -0.39 is 0 Å². The summed E-state index contributed by atoms with van der Waals surface area (Å²) in [6.07, 6.45) is 0.929. The second-order valence-electron chi connectivity index (χ2n) is 4.27. The fourth-order valence-corrected chi connectivity index (χ4v) is 1.77. The highest BCUT2D eigenvalue weighted by molar-refractivity contribution is 6.22. The monoisotopic (exact) mass is 275 g/mol. The Morgan fingerprint density at radius 3 is 2.41 bits per heavy atom. The van der Waals surface area contributed by atoms with Crippen molar-refractivity contribution in [2.24, 2.45) is 0 Å². The summed E-state index contributed by atoms with van der Waals surface area (Å²) in [6, 6.07) is 9.81. The molecule has 4 heteroatoms. The summed E-state index contributed by atoms with van der Waals surface area (Å²) in [7, 11) is 0. The molecule has 0 atom stereocenters. The standard InChI is InChI=1S/C13H19Cl2NO/c1-13(10-14,11-15)16-8-5-9-17-12-6-3-2-4-7-12/h2-4,6-7,16H,5,8-11H2,1H3. The van der Waals surface area contributed by atoms with E-state index in [9.17, 15) is 0 Å². The third-order valence-electron chi connectivity index (χ3n) is 2.47. The molecule has 0 amide bonds. The minimum atomic E-state index is -0.185. The Bertz CT molecular complexity index is 302. The average Bonchev–Trinajstić information content (AvgIpc) is 2.39. The van der Waals surface area contributed by atoms with Gasteiger partial charge in [0.15, 0.2) is 0 Å². The fourth-order valence-electron chi connectivity index (χ4n) is 1.30. The van der Waals surface area contributed by atoms with E-state index in [-0.39, 0.29) is 5.54 Å². The fraction of sp³-hybridized carbons (Fsp3) is 0.538. The molecule has 0 fully saturated rings. The van der Waals surface area contributed by atoms with Gasteiger partial charge in [0.2, 0.25) is 0 Å². The molecule has 1 aromatic rings. The minimum absolute atomic E-state index is 0.185. The van der Waals surface area contributed by atoms with Gasteiger partial charge in [0.05, 0.1) is 6.61 Å². The van der Waals surface area contributed by atoms with E-state index in [0.717, 1.165) is 18.7 Å². The molecule has 0 unspecified atom stereocenters. The minimum Gasteiger partial charge on any atom is -0.494 e. The van der Waals surface area contributed by atoms with Crippen LogP contribution in [0.25, 0.3) is 0 Å². The van der Waals surface area contributed by atoms with Crippen LogP contribution < -0.4 is 10.1 Å². The Morgan fingerprint density at radius 2 is 1.82 bits per heavy atom. The van der Waals surface area contributed by atoms with E-state index in [4.69, 9.17) is 27.9 Å². The summed E-state index contributed by atoms with van der Waals surface area (Å²) in [6.45, 7) is 3.56. The Balaban J connectivity index is 2.13. The van der Waals surface area contributed by atoms with Crippen LogP contribution in [-0.4, -0.2) is 30.5 Å². The first kappa shape index (κ1) is 14.6. The zero-order valence-corrected chi connectivity index (χ0v) is 11.6. The van der Waals surface area contributed by atoms with Crippen molar-refractivity contribution < 1.29 is 4.74 Å². The smallest absolute Gasteiger partial charge is 0.119 e. The van der Waals surface area contributed by atoms with Crippen molar-refractivity contribution in [1.82, 2.24) is 5.32 Å². The van der Waals surface area contributed by atoms with E-state index >= 15 is 0 Å². The molecule has 0 aromatic heterocycles. The summed E-state index contributed by atoms with van der Waals surface area (Å²) >= 11 is 11.7. The van der Waals surface area contributed by atoms with Gasteiger partial charge < -0.3 is 10.1 Å². The quantitative estimate of drug-likeness (QED) is 0.581.